The molecule has 3 amide bonds. The summed E-state index contributed by atoms with van der Waals surface area (Å²) < 4.78 is 5.47. The van der Waals surface area contributed by atoms with Gasteiger partial charge in [-0.15, -0.1) is 0 Å². The van der Waals surface area contributed by atoms with Gasteiger partial charge in [0.15, 0.2) is 0 Å². The van der Waals surface area contributed by atoms with E-state index in [1.807, 2.05) is 31.2 Å². The first-order valence-corrected chi connectivity index (χ1v) is 10.3. The van der Waals surface area contributed by atoms with E-state index >= 15 is 0 Å². The van der Waals surface area contributed by atoms with Crippen molar-refractivity contribution in [1.82, 2.24) is 5.32 Å². The van der Waals surface area contributed by atoms with E-state index in [0.29, 0.717) is 49.5 Å². The lowest BCUT2D eigenvalue weighted by atomic mass is 10.2. The van der Waals surface area contributed by atoms with Gasteiger partial charge in [0.05, 0.1) is 12.2 Å². The van der Waals surface area contributed by atoms with Crippen LogP contribution in [0.25, 0.3) is 0 Å². The average molecular weight is 409 g/mol. The van der Waals surface area contributed by atoms with Crippen molar-refractivity contribution >= 4 is 29.1 Å². The highest BCUT2D eigenvalue weighted by atomic mass is 16.5. The van der Waals surface area contributed by atoms with Crippen LogP contribution in [0.4, 0.5) is 11.4 Å². The second-order valence-electron chi connectivity index (χ2n) is 7.04. The van der Waals surface area contributed by atoms with Gasteiger partial charge in [-0.1, -0.05) is 18.2 Å². The Labute approximate surface area is 176 Å². The standard InChI is InChI=1S/C23H27N3O4/c1-2-30-20-11-4-3-10-19(20)23(29)24-14-6-12-21(27)25-17-8-5-9-18(16-17)26-15-7-13-22(26)28/h3-5,8-11,16H,2,6-7,12-15H2,1H3,(H,24,29)(H,25,27). The van der Waals surface area contributed by atoms with Gasteiger partial charge >= 0.3 is 0 Å². The largest absolute Gasteiger partial charge is 0.493 e. The van der Waals surface area contributed by atoms with Crippen molar-refractivity contribution in [2.45, 2.75) is 32.6 Å². The molecule has 0 atom stereocenters. The van der Waals surface area contributed by atoms with Crippen LogP contribution in [0.2, 0.25) is 0 Å². The van der Waals surface area contributed by atoms with Crippen molar-refractivity contribution in [3.8, 4) is 5.75 Å². The van der Waals surface area contributed by atoms with E-state index in [9.17, 15) is 14.4 Å². The molecule has 30 heavy (non-hydrogen) atoms. The molecule has 0 spiro atoms. The zero-order valence-corrected chi connectivity index (χ0v) is 17.1. The SMILES string of the molecule is CCOc1ccccc1C(=O)NCCCC(=O)Nc1cccc(N2CCCC2=O)c1. The highest BCUT2D eigenvalue weighted by molar-refractivity contribution is 5.97. The fourth-order valence-corrected chi connectivity index (χ4v) is 3.38. The fraction of sp³-hybridized carbons (Fsp3) is 0.348. The molecule has 1 aliphatic rings. The molecule has 3 rings (SSSR count). The normalized spacial score (nSPS) is 13.2. The molecule has 2 aromatic carbocycles. The molecule has 1 fully saturated rings. The minimum absolute atomic E-state index is 0.111. The summed E-state index contributed by atoms with van der Waals surface area (Å²) in [7, 11) is 0. The highest BCUT2D eigenvalue weighted by Gasteiger charge is 2.21. The zero-order valence-electron chi connectivity index (χ0n) is 17.1. The van der Waals surface area contributed by atoms with Crippen LogP contribution in [-0.4, -0.2) is 37.4 Å². The number of carbonyl (C=O) groups excluding carboxylic acids is 3. The molecule has 1 aliphatic heterocycles. The molecule has 7 heteroatoms. The number of para-hydroxylation sites is 1. The maximum absolute atomic E-state index is 12.3. The van der Waals surface area contributed by atoms with Crippen LogP contribution in [0.1, 0.15) is 43.0 Å². The van der Waals surface area contributed by atoms with Gasteiger partial charge in [-0.3, -0.25) is 14.4 Å². The van der Waals surface area contributed by atoms with Crippen LogP contribution in [0.5, 0.6) is 5.75 Å². The van der Waals surface area contributed by atoms with Crippen LogP contribution in [0, 0.1) is 0 Å². The van der Waals surface area contributed by atoms with E-state index in [0.717, 1.165) is 12.1 Å². The van der Waals surface area contributed by atoms with Gasteiger partial charge in [0.2, 0.25) is 11.8 Å². The lowest BCUT2D eigenvalue weighted by Gasteiger charge is -2.16. The van der Waals surface area contributed by atoms with Gasteiger partial charge in [0.1, 0.15) is 5.75 Å². The number of benzene rings is 2. The van der Waals surface area contributed by atoms with Crippen LogP contribution >= 0.6 is 0 Å². The molecule has 0 aromatic heterocycles. The van der Waals surface area contributed by atoms with Gasteiger partial charge in [-0.05, 0) is 50.1 Å². The maximum Gasteiger partial charge on any atom is 0.255 e. The van der Waals surface area contributed by atoms with E-state index in [1.165, 1.54) is 0 Å². The third-order valence-electron chi connectivity index (χ3n) is 4.81. The van der Waals surface area contributed by atoms with Crippen molar-refractivity contribution in [2.75, 3.05) is 29.9 Å². The van der Waals surface area contributed by atoms with Gasteiger partial charge in [-0.25, -0.2) is 0 Å². The third-order valence-corrected chi connectivity index (χ3v) is 4.81. The number of anilines is 2. The Morgan fingerprint density at radius 1 is 1.13 bits per heavy atom. The summed E-state index contributed by atoms with van der Waals surface area (Å²) in [5.74, 6) is 0.304. The van der Waals surface area contributed by atoms with Crippen molar-refractivity contribution < 1.29 is 19.1 Å². The Morgan fingerprint density at radius 2 is 1.97 bits per heavy atom. The predicted molar refractivity (Wildman–Crippen MR) is 116 cm³/mol. The van der Waals surface area contributed by atoms with E-state index < -0.39 is 0 Å². The molecule has 7 nitrogen and oxygen atoms in total. The maximum atomic E-state index is 12.3. The summed E-state index contributed by atoms with van der Waals surface area (Å²) in [5, 5.41) is 5.68. The molecule has 2 N–H and O–H groups in total. The van der Waals surface area contributed by atoms with E-state index in [1.54, 1.807) is 29.2 Å². The number of rotatable bonds is 9. The Kier molecular flexibility index (Phi) is 7.43. The zero-order chi connectivity index (χ0) is 21.3. The van der Waals surface area contributed by atoms with Crippen molar-refractivity contribution in [1.29, 1.82) is 0 Å². The third kappa shape index (κ3) is 5.59. The number of carbonyl (C=O) groups is 3. The quantitative estimate of drug-likeness (QED) is 0.622. The molecule has 0 unspecified atom stereocenters. The van der Waals surface area contributed by atoms with Crippen molar-refractivity contribution in [2.24, 2.45) is 0 Å². The molecule has 2 aromatic rings. The van der Waals surface area contributed by atoms with Gasteiger partial charge < -0.3 is 20.3 Å². The Hall–Kier alpha value is -3.35. The predicted octanol–water partition coefficient (Wildman–Crippen LogP) is 3.36. The van der Waals surface area contributed by atoms with Crippen molar-refractivity contribution in [3.63, 3.8) is 0 Å². The van der Waals surface area contributed by atoms with Crippen LogP contribution in [0.15, 0.2) is 48.5 Å². The number of hydrogen-bond acceptors (Lipinski definition) is 4. The molecular weight excluding hydrogens is 382 g/mol. The monoisotopic (exact) mass is 409 g/mol. The lowest BCUT2D eigenvalue weighted by Crippen LogP contribution is -2.26. The minimum atomic E-state index is -0.220. The molecule has 1 heterocycles. The molecular formula is C23H27N3O4. The number of amides is 3. The van der Waals surface area contributed by atoms with Crippen molar-refractivity contribution in [3.05, 3.63) is 54.1 Å². The fourth-order valence-electron chi connectivity index (χ4n) is 3.38. The smallest absolute Gasteiger partial charge is 0.255 e. The van der Waals surface area contributed by atoms with E-state index in [-0.39, 0.29) is 24.1 Å². The van der Waals surface area contributed by atoms with E-state index in [4.69, 9.17) is 4.74 Å². The molecule has 0 bridgehead atoms. The van der Waals surface area contributed by atoms with Gasteiger partial charge in [0, 0.05) is 37.3 Å². The summed E-state index contributed by atoms with van der Waals surface area (Å²) in [6.07, 6.45) is 2.21. The Bertz CT molecular complexity index is 913. The number of nitrogens with zero attached hydrogens (tertiary/aromatic N) is 1. The summed E-state index contributed by atoms with van der Waals surface area (Å²) in [6.45, 7) is 3.45. The summed E-state index contributed by atoms with van der Waals surface area (Å²) in [5.41, 5.74) is 1.94. The molecule has 0 aliphatic carbocycles. The molecule has 0 radical (unpaired) electrons. The van der Waals surface area contributed by atoms with Crippen LogP contribution in [-0.2, 0) is 9.59 Å². The first-order chi connectivity index (χ1) is 14.6. The first-order valence-electron chi connectivity index (χ1n) is 10.3. The van der Waals surface area contributed by atoms with Gasteiger partial charge in [0.25, 0.3) is 5.91 Å². The molecule has 1 saturated heterocycles. The minimum Gasteiger partial charge on any atom is -0.493 e. The first kappa shape index (κ1) is 21.4. The van der Waals surface area contributed by atoms with Gasteiger partial charge in [-0.2, -0.15) is 0 Å². The Balaban J connectivity index is 1.44. The van der Waals surface area contributed by atoms with E-state index in [2.05, 4.69) is 10.6 Å². The summed E-state index contributed by atoms with van der Waals surface area (Å²) >= 11 is 0. The topological polar surface area (TPSA) is 87.7 Å². The second kappa shape index (κ2) is 10.4. The summed E-state index contributed by atoms with van der Waals surface area (Å²) in [6, 6.07) is 14.4. The average Bonchev–Trinajstić information content (AvgIpc) is 3.18. The van der Waals surface area contributed by atoms with Crippen LogP contribution in [0.3, 0.4) is 0 Å². The van der Waals surface area contributed by atoms with Crippen LogP contribution < -0.4 is 20.3 Å². The summed E-state index contributed by atoms with van der Waals surface area (Å²) in [4.78, 5) is 38.2. The Morgan fingerprint density at radius 3 is 2.73 bits per heavy atom. The number of ether oxygens (including phenoxy) is 1. The highest BCUT2D eigenvalue weighted by Crippen LogP contribution is 2.24. The number of hydrogen-bond donors (Lipinski definition) is 2. The second-order valence-corrected chi connectivity index (χ2v) is 7.04. The number of nitrogens with one attached hydrogen (secondary N) is 2. The molecule has 0 saturated carbocycles. The lowest BCUT2D eigenvalue weighted by molar-refractivity contribution is -0.117. The molecule has 158 valence electrons.